The largest absolute Gasteiger partial charge is 0.481 e. The summed E-state index contributed by atoms with van der Waals surface area (Å²) in [6.45, 7) is 3.23. The van der Waals surface area contributed by atoms with Gasteiger partial charge in [-0.2, -0.15) is 0 Å². The lowest BCUT2D eigenvalue weighted by atomic mass is 9.86. The van der Waals surface area contributed by atoms with Gasteiger partial charge in [-0.1, -0.05) is 24.3 Å². The Morgan fingerprint density at radius 1 is 1.20 bits per heavy atom. The molecule has 2 fully saturated rings. The van der Waals surface area contributed by atoms with E-state index >= 15 is 0 Å². The molecule has 6 heteroatoms. The van der Waals surface area contributed by atoms with Gasteiger partial charge in [0.05, 0.1) is 12.5 Å². The molecular formula is C19H24N2O4. The smallest absolute Gasteiger partial charge is 0.308 e. The Morgan fingerprint density at radius 2 is 1.96 bits per heavy atom. The van der Waals surface area contributed by atoms with E-state index in [4.69, 9.17) is 0 Å². The molecule has 1 aromatic rings. The Bertz CT molecular complexity index is 688. The first-order valence-electron chi connectivity index (χ1n) is 8.81. The number of carboxylic acid groups (broad SMARTS) is 1. The Balaban J connectivity index is 1.73. The van der Waals surface area contributed by atoms with Gasteiger partial charge in [-0.05, 0) is 30.9 Å². The summed E-state index contributed by atoms with van der Waals surface area (Å²) in [5.41, 5.74) is 2.03. The van der Waals surface area contributed by atoms with Crippen molar-refractivity contribution in [3.63, 3.8) is 0 Å². The quantitative estimate of drug-likeness (QED) is 0.901. The molecule has 6 nitrogen and oxygen atoms in total. The maximum atomic E-state index is 12.6. The Morgan fingerprint density at radius 3 is 2.64 bits per heavy atom. The molecule has 2 heterocycles. The van der Waals surface area contributed by atoms with E-state index in [1.807, 2.05) is 31.2 Å². The minimum absolute atomic E-state index is 0.0176. The number of aryl methyl sites for hydroxylation is 1. The average molecular weight is 344 g/mol. The van der Waals surface area contributed by atoms with Crippen LogP contribution in [0.15, 0.2) is 24.3 Å². The van der Waals surface area contributed by atoms with Crippen molar-refractivity contribution in [2.24, 2.45) is 5.92 Å². The monoisotopic (exact) mass is 344 g/mol. The zero-order chi connectivity index (χ0) is 18.0. The highest BCUT2D eigenvalue weighted by Crippen LogP contribution is 2.34. The van der Waals surface area contributed by atoms with E-state index in [2.05, 4.69) is 0 Å². The number of aliphatic carboxylic acids is 1. The number of nitrogens with zero attached hydrogens (tertiary/aromatic N) is 2. The molecule has 2 aliphatic rings. The Kier molecular flexibility index (Phi) is 5.06. The number of hydrogen-bond donors (Lipinski definition) is 1. The zero-order valence-electron chi connectivity index (χ0n) is 14.5. The number of rotatable bonds is 4. The lowest BCUT2D eigenvalue weighted by Crippen LogP contribution is -2.44. The summed E-state index contributed by atoms with van der Waals surface area (Å²) in [5.74, 6) is -1.83. The van der Waals surface area contributed by atoms with Gasteiger partial charge in [-0.25, -0.2) is 0 Å². The second kappa shape index (κ2) is 7.25. The number of benzene rings is 1. The van der Waals surface area contributed by atoms with Crippen LogP contribution in [0.25, 0.3) is 0 Å². The molecule has 2 saturated heterocycles. The summed E-state index contributed by atoms with van der Waals surface area (Å²) in [4.78, 5) is 39.5. The van der Waals surface area contributed by atoms with Crippen LogP contribution in [0.4, 0.5) is 0 Å². The number of carboxylic acids is 1. The third-order valence-corrected chi connectivity index (χ3v) is 5.33. The fourth-order valence-electron chi connectivity index (χ4n) is 3.87. The lowest BCUT2D eigenvalue weighted by molar-refractivity contribution is -0.143. The molecule has 25 heavy (non-hydrogen) atoms. The van der Waals surface area contributed by atoms with E-state index in [1.165, 1.54) is 0 Å². The van der Waals surface area contributed by atoms with Gasteiger partial charge in [-0.15, -0.1) is 0 Å². The van der Waals surface area contributed by atoms with Crippen LogP contribution in [0.2, 0.25) is 0 Å². The van der Waals surface area contributed by atoms with Crippen LogP contribution in [0, 0.1) is 12.8 Å². The number of likely N-dealkylation sites (tertiary alicyclic amines) is 2. The van der Waals surface area contributed by atoms with Crippen molar-refractivity contribution in [2.45, 2.75) is 32.1 Å². The molecule has 3 rings (SSSR count). The van der Waals surface area contributed by atoms with Crippen LogP contribution in [-0.2, 0) is 14.4 Å². The van der Waals surface area contributed by atoms with Crippen molar-refractivity contribution in [1.82, 2.24) is 9.80 Å². The van der Waals surface area contributed by atoms with Crippen molar-refractivity contribution in [3.8, 4) is 0 Å². The van der Waals surface area contributed by atoms with Gasteiger partial charge in [0.15, 0.2) is 0 Å². The molecule has 0 spiro atoms. The molecule has 0 radical (unpaired) electrons. The predicted octanol–water partition coefficient (Wildman–Crippen LogP) is 1.63. The predicted molar refractivity (Wildman–Crippen MR) is 92.1 cm³/mol. The summed E-state index contributed by atoms with van der Waals surface area (Å²) >= 11 is 0. The van der Waals surface area contributed by atoms with E-state index in [1.54, 1.807) is 9.80 Å². The highest BCUT2D eigenvalue weighted by Gasteiger charge is 2.41. The van der Waals surface area contributed by atoms with Crippen LogP contribution in [0.3, 0.4) is 0 Å². The fraction of sp³-hybridized carbons (Fsp3) is 0.526. The van der Waals surface area contributed by atoms with Crippen LogP contribution in [0.1, 0.15) is 36.3 Å². The van der Waals surface area contributed by atoms with E-state index in [-0.39, 0.29) is 30.8 Å². The summed E-state index contributed by atoms with van der Waals surface area (Å²) < 4.78 is 0. The molecule has 0 aliphatic carbocycles. The first kappa shape index (κ1) is 17.5. The van der Waals surface area contributed by atoms with Crippen molar-refractivity contribution in [3.05, 3.63) is 35.4 Å². The first-order chi connectivity index (χ1) is 12.0. The molecule has 0 aromatic heterocycles. The van der Waals surface area contributed by atoms with Crippen LogP contribution < -0.4 is 0 Å². The first-order valence-corrected chi connectivity index (χ1v) is 8.81. The lowest BCUT2D eigenvalue weighted by Gasteiger charge is -2.28. The van der Waals surface area contributed by atoms with E-state index < -0.39 is 11.9 Å². The van der Waals surface area contributed by atoms with Gasteiger partial charge in [0.2, 0.25) is 11.8 Å². The molecule has 2 aliphatic heterocycles. The molecule has 0 saturated carbocycles. The van der Waals surface area contributed by atoms with Gasteiger partial charge in [0, 0.05) is 32.0 Å². The number of piperidine rings is 1. The molecule has 2 atom stereocenters. The molecule has 1 aromatic carbocycles. The normalized spacial score (nSPS) is 23.8. The number of carbonyl (C=O) groups excluding carboxylic acids is 2. The SMILES string of the molecule is Cc1ccccc1[C@@H]1CN(C(=O)CN2CCCCC2=O)C[C@H]1C(=O)O. The number of hydrogen-bond acceptors (Lipinski definition) is 3. The van der Waals surface area contributed by atoms with Crippen molar-refractivity contribution >= 4 is 17.8 Å². The number of amides is 2. The second-order valence-electron chi connectivity index (χ2n) is 6.98. The summed E-state index contributed by atoms with van der Waals surface area (Å²) in [6.07, 6.45) is 2.29. The second-order valence-corrected chi connectivity index (χ2v) is 6.98. The Hall–Kier alpha value is -2.37. The minimum Gasteiger partial charge on any atom is -0.481 e. The van der Waals surface area contributed by atoms with Gasteiger partial charge in [0.25, 0.3) is 0 Å². The van der Waals surface area contributed by atoms with Crippen LogP contribution in [0.5, 0.6) is 0 Å². The maximum Gasteiger partial charge on any atom is 0.308 e. The molecule has 0 bridgehead atoms. The van der Waals surface area contributed by atoms with Crippen molar-refractivity contribution in [1.29, 1.82) is 0 Å². The van der Waals surface area contributed by atoms with Crippen molar-refractivity contribution in [2.75, 3.05) is 26.2 Å². The topological polar surface area (TPSA) is 77.9 Å². The third kappa shape index (κ3) is 3.67. The van der Waals surface area contributed by atoms with Crippen LogP contribution in [-0.4, -0.2) is 58.9 Å². The number of carbonyl (C=O) groups is 3. The standard InChI is InChI=1S/C19H24N2O4/c1-13-6-2-3-7-14(13)15-10-21(11-16(15)19(24)25)18(23)12-20-9-5-4-8-17(20)22/h2-3,6-7,15-16H,4-5,8-12H2,1H3,(H,24,25)/t15-,16+/m0/s1. The maximum absolute atomic E-state index is 12.6. The van der Waals surface area contributed by atoms with Gasteiger partial charge in [-0.3, -0.25) is 14.4 Å². The fourth-order valence-corrected chi connectivity index (χ4v) is 3.87. The molecular weight excluding hydrogens is 320 g/mol. The summed E-state index contributed by atoms with van der Waals surface area (Å²) in [7, 11) is 0. The summed E-state index contributed by atoms with van der Waals surface area (Å²) in [6, 6.07) is 7.73. The average Bonchev–Trinajstić information content (AvgIpc) is 3.03. The highest BCUT2D eigenvalue weighted by molar-refractivity contribution is 5.86. The Labute approximate surface area is 147 Å². The van der Waals surface area contributed by atoms with E-state index in [0.717, 1.165) is 24.0 Å². The zero-order valence-corrected chi connectivity index (χ0v) is 14.5. The summed E-state index contributed by atoms with van der Waals surface area (Å²) in [5, 5.41) is 9.60. The highest BCUT2D eigenvalue weighted by atomic mass is 16.4. The molecule has 0 unspecified atom stereocenters. The van der Waals surface area contributed by atoms with Gasteiger partial charge in [0.1, 0.15) is 0 Å². The molecule has 1 N–H and O–H groups in total. The van der Waals surface area contributed by atoms with E-state index in [0.29, 0.717) is 19.5 Å². The van der Waals surface area contributed by atoms with Gasteiger partial charge < -0.3 is 14.9 Å². The van der Waals surface area contributed by atoms with Gasteiger partial charge >= 0.3 is 5.97 Å². The van der Waals surface area contributed by atoms with E-state index in [9.17, 15) is 19.5 Å². The minimum atomic E-state index is -0.877. The molecule has 134 valence electrons. The molecule has 2 amide bonds. The third-order valence-electron chi connectivity index (χ3n) is 5.33. The van der Waals surface area contributed by atoms with Crippen LogP contribution >= 0.6 is 0 Å². The van der Waals surface area contributed by atoms with Crippen molar-refractivity contribution < 1.29 is 19.5 Å².